The molecule has 2 aromatic carbocycles. The molecule has 0 spiro atoms. The Hall–Kier alpha value is -2.26. The minimum Gasteiger partial charge on any atom is -0.504 e. The van der Waals surface area contributed by atoms with Crippen molar-refractivity contribution in [2.24, 2.45) is 0 Å². The number of methoxy groups -OCH3 is 1. The Balaban J connectivity index is 1.79. The quantitative estimate of drug-likeness (QED) is 0.777. The van der Waals surface area contributed by atoms with Gasteiger partial charge in [0.2, 0.25) is 0 Å². The summed E-state index contributed by atoms with van der Waals surface area (Å²) >= 11 is 0. The first-order chi connectivity index (χ1) is 10.7. The van der Waals surface area contributed by atoms with Crippen LogP contribution in [0, 0.1) is 0 Å². The Morgan fingerprint density at radius 3 is 2.64 bits per heavy atom. The predicted octanol–water partition coefficient (Wildman–Crippen LogP) is 4.23. The topological polar surface area (TPSA) is 38.7 Å². The zero-order valence-electron chi connectivity index (χ0n) is 13.0. The fraction of sp³-hybridized carbons (Fsp3) is 0.263. The lowest BCUT2D eigenvalue weighted by molar-refractivity contribution is 0.150. The second kappa shape index (κ2) is 8.25. The molecule has 0 amide bonds. The summed E-state index contributed by atoms with van der Waals surface area (Å²) in [6.07, 6.45) is 3.92. The van der Waals surface area contributed by atoms with Gasteiger partial charge in [0.25, 0.3) is 0 Å². The Bertz CT molecular complexity index is 605. The van der Waals surface area contributed by atoms with Crippen LogP contribution < -0.4 is 4.74 Å². The van der Waals surface area contributed by atoms with Crippen LogP contribution >= 0.6 is 0 Å². The third-order valence-electron chi connectivity index (χ3n) is 3.46. The van der Waals surface area contributed by atoms with E-state index in [4.69, 9.17) is 9.47 Å². The van der Waals surface area contributed by atoms with Crippen LogP contribution in [0.25, 0.3) is 6.08 Å². The Kier molecular flexibility index (Phi) is 6.04. The van der Waals surface area contributed by atoms with Gasteiger partial charge >= 0.3 is 0 Å². The number of benzene rings is 2. The maximum absolute atomic E-state index is 9.54. The van der Waals surface area contributed by atoms with E-state index in [1.54, 1.807) is 12.1 Å². The van der Waals surface area contributed by atoms with Crippen LogP contribution in [0.5, 0.6) is 11.5 Å². The summed E-state index contributed by atoms with van der Waals surface area (Å²) in [4.78, 5) is 0. The third kappa shape index (κ3) is 4.64. The van der Waals surface area contributed by atoms with Crippen LogP contribution in [0.3, 0.4) is 0 Å². The molecule has 1 N–H and O–H groups in total. The van der Waals surface area contributed by atoms with Gasteiger partial charge in [-0.1, -0.05) is 55.5 Å². The Morgan fingerprint density at radius 1 is 1.14 bits per heavy atom. The number of phenolic OH excluding ortho intramolecular Hbond substituents is 1. The normalized spacial score (nSPS) is 12.5. The van der Waals surface area contributed by atoms with Crippen molar-refractivity contribution in [3.8, 4) is 11.5 Å². The predicted molar refractivity (Wildman–Crippen MR) is 89.4 cm³/mol. The van der Waals surface area contributed by atoms with E-state index >= 15 is 0 Å². The zero-order valence-corrected chi connectivity index (χ0v) is 13.0. The summed E-state index contributed by atoms with van der Waals surface area (Å²) in [6.45, 7) is 3.40. The lowest BCUT2D eigenvalue weighted by atomic mass is 10.0. The third-order valence-corrected chi connectivity index (χ3v) is 3.46. The molecule has 3 nitrogen and oxygen atoms in total. The molecular weight excluding hydrogens is 276 g/mol. The minimum atomic E-state index is 0.146. The molecular formula is C19H22O3. The van der Waals surface area contributed by atoms with Crippen LogP contribution in [0.1, 0.15) is 24.0 Å². The summed E-state index contributed by atoms with van der Waals surface area (Å²) < 4.78 is 10.8. The van der Waals surface area contributed by atoms with Crippen LogP contribution in [0.2, 0.25) is 0 Å². The number of phenols is 1. The SMILES string of the molecule is COc1cc(/C=C/COCC(C)c2ccccc2)ccc1O. The van der Waals surface area contributed by atoms with Gasteiger partial charge in [0.1, 0.15) is 0 Å². The molecule has 0 aromatic heterocycles. The van der Waals surface area contributed by atoms with E-state index in [0.29, 0.717) is 24.9 Å². The molecule has 1 atom stereocenters. The van der Waals surface area contributed by atoms with Crippen molar-refractivity contribution in [1.82, 2.24) is 0 Å². The summed E-state index contributed by atoms with van der Waals surface area (Å²) in [7, 11) is 1.54. The van der Waals surface area contributed by atoms with Gasteiger partial charge in [0.15, 0.2) is 11.5 Å². The van der Waals surface area contributed by atoms with E-state index in [9.17, 15) is 5.11 Å². The molecule has 0 heterocycles. The Morgan fingerprint density at radius 2 is 1.91 bits per heavy atom. The van der Waals surface area contributed by atoms with Gasteiger partial charge < -0.3 is 14.6 Å². The number of hydrogen-bond acceptors (Lipinski definition) is 3. The van der Waals surface area contributed by atoms with Gasteiger partial charge in [0, 0.05) is 5.92 Å². The van der Waals surface area contributed by atoms with E-state index in [-0.39, 0.29) is 5.75 Å². The largest absolute Gasteiger partial charge is 0.504 e. The van der Waals surface area contributed by atoms with E-state index in [1.165, 1.54) is 12.7 Å². The van der Waals surface area contributed by atoms with E-state index in [2.05, 4.69) is 19.1 Å². The summed E-state index contributed by atoms with van der Waals surface area (Å²) in [6, 6.07) is 15.6. The van der Waals surface area contributed by atoms with Crippen molar-refractivity contribution in [2.45, 2.75) is 12.8 Å². The smallest absolute Gasteiger partial charge is 0.161 e. The fourth-order valence-electron chi connectivity index (χ4n) is 2.17. The highest BCUT2D eigenvalue weighted by atomic mass is 16.5. The average molecular weight is 298 g/mol. The first-order valence-corrected chi connectivity index (χ1v) is 7.37. The molecule has 3 heteroatoms. The first-order valence-electron chi connectivity index (χ1n) is 7.37. The molecule has 0 aliphatic rings. The average Bonchev–Trinajstić information content (AvgIpc) is 2.56. The molecule has 22 heavy (non-hydrogen) atoms. The van der Waals surface area contributed by atoms with E-state index in [1.807, 2.05) is 36.4 Å². The second-order valence-corrected chi connectivity index (χ2v) is 5.18. The zero-order chi connectivity index (χ0) is 15.8. The molecule has 2 aromatic rings. The van der Waals surface area contributed by atoms with Gasteiger partial charge in [-0.2, -0.15) is 0 Å². The lowest BCUT2D eigenvalue weighted by Crippen LogP contribution is -2.04. The molecule has 0 aliphatic heterocycles. The molecule has 0 fully saturated rings. The number of aromatic hydroxyl groups is 1. The summed E-state index contributed by atoms with van der Waals surface area (Å²) in [5, 5.41) is 9.54. The maximum Gasteiger partial charge on any atom is 0.161 e. The molecule has 0 saturated heterocycles. The standard InChI is InChI=1S/C19H22O3/c1-15(17-8-4-3-5-9-17)14-22-12-6-7-16-10-11-18(20)19(13-16)21-2/h3-11,13,15,20H,12,14H2,1-2H3/b7-6+. The van der Waals surface area contributed by atoms with Crippen LogP contribution in [-0.2, 0) is 4.74 Å². The van der Waals surface area contributed by atoms with Crippen molar-refractivity contribution < 1.29 is 14.6 Å². The van der Waals surface area contributed by atoms with E-state index < -0.39 is 0 Å². The monoisotopic (exact) mass is 298 g/mol. The van der Waals surface area contributed by atoms with Crippen LogP contribution in [0.15, 0.2) is 54.6 Å². The van der Waals surface area contributed by atoms with Crippen molar-refractivity contribution in [3.05, 3.63) is 65.7 Å². The highest BCUT2D eigenvalue weighted by molar-refractivity contribution is 5.55. The van der Waals surface area contributed by atoms with Gasteiger partial charge in [-0.15, -0.1) is 0 Å². The van der Waals surface area contributed by atoms with Gasteiger partial charge in [-0.05, 0) is 23.3 Å². The first kappa shape index (κ1) is 16.1. The van der Waals surface area contributed by atoms with Crippen molar-refractivity contribution in [2.75, 3.05) is 20.3 Å². The number of hydrogen-bond donors (Lipinski definition) is 1. The summed E-state index contributed by atoms with van der Waals surface area (Å²) in [5.74, 6) is 0.997. The second-order valence-electron chi connectivity index (χ2n) is 5.18. The highest BCUT2D eigenvalue weighted by Gasteiger charge is 2.04. The fourth-order valence-corrected chi connectivity index (χ4v) is 2.17. The van der Waals surface area contributed by atoms with Crippen molar-refractivity contribution in [1.29, 1.82) is 0 Å². The number of rotatable bonds is 7. The Labute approximate surface area is 131 Å². The minimum absolute atomic E-state index is 0.146. The molecule has 0 bridgehead atoms. The molecule has 2 rings (SSSR count). The molecule has 0 aliphatic carbocycles. The summed E-state index contributed by atoms with van der Waals surface area (Å²) in [5.41, 5.74) is 2.25. The van der Waals surface area contributed by atoms with Crippen molar-refractivity contribution >= 4 is 6.08 Å². The lowest BCUT2D eigenvalue weighted by Gasteiger charge is -2.11. The highest BCUT2D eigenvalue weighted by Crippen LogP contribution is 2.26. The van der Waals surface area contributed by atoms with Gasteiger partial charge in [-0.3, -0.25) is 0 Å². The molecule has 116 valence electrons. The van der Waals surface area contributed by atoms with Crippen LogP contribution in [-0.4, -0.2) is 25.4 Å². The number of ether oxygens (including phenoxy) is 2. The molecule has 0 saturated carbocycles. The van der Waals surface area contributed by atoms with Gasteiger partial charge in [-0.25, -0.2) is 0 Å². The molecule has 0 radical (unpaired) electrons. The van der Waals surface area contributed by atoms with E-state index in [0.717, 1.165) is 5.56 Å². The van der Waals surface area contributed by atoms with Gasteiger partial charge in [0.05, 0.1) is 20.3 Å². The van der Waals surface area contributed by atoms with Crippen LogP contribution in [0.4, 0.5) is 0 Å². The molecule has 1 unspecified atom stereocenters. The maximum atomic E-state index is 9.54. The van der Waals surface area contributed by atoms with Crippen molar-refractivity contribution in [3.63, 3.8) is 0 Å².